The first-order valence-corrected chi connectivity index (χ1v) is 9.51. The van der Waals surface area contributed by atoms with Crippen LogP contribution >= 0.6 is 24.8 Å². The zero-order valence-corrected chi connectivity index (χ0v) is 17.3. The molecule has 148 valence electrons. The van der Waals surface area contributed by atoms with E-state index in [9.17, 15) is 4.79 Å². The Morgan fingerprint density at radius 3 is 2.50 bits per heavy atom. The van der Waals surface area contributed by atoms with Gasteiger partial charge in [0.1, 0.15) is 0 Å². The zero-order valence-electron chi connectivity index (χ0n) is 15.7. The second-order valence-electron chi connectivity index (χ2n) is 7.38. The molecule has 2 fully saturated rings. The van der Waals surface area contributed by atoms with Crippen LogP contribution in [0.1, 0.15) is 38.2 Å². The highest BCUT2D eigenvalue weighted by atomic mass is 35.5. The number of halogens is 2. The first kappa shape index (κ1) is 23.2. The van der Waals surface area contributed by atoms with E-state index in [0.717, 1.165) is 32.1 Å². The number of hydrogen-bond acceptors (Lipinski definition) is 3. The van der Waals surface area contributed by atoms with Gasteiger partial charge in [-0.2, -0.15) is 0 Å². The number of amides is 1. The van der Waals surface area contributed by atoms with Gasteiger partial charge in [0, 0.05) is 12.6 Å². The largest absolute Gasteiger partial charge is 0.353 e. The molecule has 6 heteroatoms. The van der Waals surface area contributed by atoms with Gasteiger partial charge in [-0.3, -0.25) is 9.69 Å². The summed E-state index contributed by atoms with van der Waals surface area (Å²) in [5.41, 5.74) is 1.44. The molecule has 0 bridgehead atoms. The topological polar surface area (TPSA) is 44.4 Å². The number of rotatable bonds is 6. The third kappa shape index (κ3) is 6.73. The lowest BCUT2D eigenvalue weighted by molar-refractivity contribution is -0.126. The van der Waals surface area contributed by atoms with E-state index in [4.69, 9.17) is 0 Å². The van der Waals surface area contributed by atoms with Crippen LogP contribution in [0, 0.1) is 5.92 Å². The van der Waals surface area contributed by atoms with E-state index in [0.29, 0.717) is 6.04 Å². The van der Waals surface area contributed by atoms with Gasteiger partial charge in [0.2, 0.25) is 5.91 Å². The van der Waals surface area contributed by atoms with Crippen LogP contribution in [0.25, 0.3) is 0 Å². The summed E-state index contributed by atoms with van der Waals surface area (Å²) < 4.78 is 0. The van der Waals surface area contributed by atoms with Crippen LogP contribution in [0.5, 0.6) is 0 Å². The lowest BCUT2D eigenvalue weighted by Crippen LogP contribution is -2.50. The number of carbonyl (C=O) groups excluding carboxylic acids is 1. The molecule has 1 amide bonds. The molecule has 2 aliphatic rings. The van der Waals surface area contributed by atoms with Gasteiger partial charge in [-0.15, -0.1) is 24.8 Å². The summed E-state index contributed by atoms with van der Waals surface area (Å²) in [6, 6.07) is 11.2. The Hall–Kier alpha value is -0.810. The molecule has 0 aromatic heterocycles. The second kappa shape index (κ2) is 11.8. The van der Waals surface area contributed by atoms with Gasteiger partial charge in [0.15, 0.2) is 0 Å². The number of hydrogen-bond donors (Lipinski definition) is 2. The number of piperidine rings is 1. The van der Waals surface area contributed by atoms with Gasteiger partial charge in [0.05, 0.1) is 6.04 Å². The fraction of sp³-hybridized carbons (Fsp3) is 0.650. The van der Waals surface area contributed by atoms with Gasteiger partial charge in [0.25, 0.3) is 0 Å². The molecule has 26 heavy (non-hydrogen) atoms. The first-order valence-electron chi connectivity index (χ1n) is 9.51. The van der Waals surface area contributed by atoms with E-state index in [1.807, 2.05) is 0 Å². The second-order valence-corrected chi connectivity index (χ2v) is 7.38. The predicted molar refractivity (Wildman–Crippen MR) is 112 cm³/mol. The Kier molecular flexibility index (Phi) is 10.6. The lowest BCUT2D eigenvalue weighted by atomic mass is 9.89. The van der Waals surface area contributed by atoms with Crippen LogP contribution < -0.4 is 10.6 Å². The van der Waals surface area contributed by atoms with Crippen LogP contribution in [0.15, 0.2) is 30.3 Å². The molecule has 2 aliphatic heterocycles. The SMILES string of the molecule is CC(C(=O)NCC1CCCN1)N1CCC(Cc2ccccc2)CC1.Cl.Cl. The minimum atomic E-state index is -0.0101. The van der Waals surface area contributed by atoms with Gasteiger partial charge < -0.3 is 10.6 Å². The van der Waals surface area contributed by atoms with Gasteiger partial charge >= 0.3 is 0 Å². The normalized spacial score (nSPS) is 22.1. The van der Waals surface area contributed by atoms with Crippen molar-refractivity contribution in [3.63, 3.8) is 0 Å². The molecule has 4 nitrogen and oxygen atoms in total. The van der Waals surface area contributed by atoms with E-state index in [1.165, 1.54) is 37.7 Å². The fourth-order valence-corrected chi connectivity index (χ4v) is 3.96. The summed E-state index contributed by atoms with van der Waals surface area (Å²) >= 11 is 0. The first-order chi connectivity index (χ1) is 11.7. The molecule has 0 saturated carbocycles. The van der Waals surface area contributed by atoms with Crippen molar-refractivity contribution in [2.75, 3.05) is 26.2 Å². The van der Waals surface area contributed by atoms with Gasteiger partial charge in [-0.05, 0) is 70.1 Å². The number of nitrogens with zero attached hydrogens (tertiary/aromatic N) is 1. The van der Waals surface area contributed by atoms with Gasteiger partial charge in [-0.25, -0.2) is 0 Å². The molecule has 1 aromatic carbocycles. The van der Waals surface area contributed by atoms with E-state index in [1.54, 1.807) is 0 Å². The Morgan fingerprint density at radius 2 is 1.88 bits per heavy atom. The van der Waals surface area contributed by atoms with Crippen LogP contribution in [-0.4, -0.2) is 49.1 Å². The fourth-order valence-electron chi connectivity index (χ4n) is 3.96. The van der Waals surface area contributed by atoms with Crippen molar-refractivity contribution < 1.29 is 4.79 Å². The smallest absolute Gasteiger partial charge is 0.237 e. The highest BCUT2D eigenvalue weighted by Crippen LogP contribution is 2.23. The molecule has 1 aromatic rings. The minimum absolute atomic E-state index is 0. The molecule has 3 rings (SSSR count). The molecular formula is C20H33Cl2N3O. The Morgan fingerprint density at radius 1 is 1.19 bits per heavy atom. The average Bonchev–Trinajstić information content (AvgIpc) is 3.14. The lowest BCUT2D eigenvalue weighted by Gasteiger charge is -2.35. The molecule has 0 spiro atoms. The standard InChI is InChI=1S/C20H31N3O.2ClH/c1-16(20(24)22-15-19-8-5-11-21-19)23-12-9-18(10-13-23)14-17-6-3-2-4-7-17;;/h2-4,6-7,16,18-19,21H,5,8-15H2,1H3,(H,22,24);2*1H. The molecule has 2 heterocycles. The quantitative estimate of drug-likeness (QED) is 0.769. The Labute approximate surface area is 170 Å². The predicted octanol–water partition coefficient (Wildman–Crippen LogP) is 3.04. The number of benzene rings is 1. The zero-order chi connectivity index (χ0) is 16.8. The summed E-state index contributed by atoms with van der Waals surface area (Å²) in [7, 11) is 0. The van der Waals surface area contributed by atoms with Crippen LogP contribution in [-0.2, 0) is 11.2 Å². The van der Waals surface area contributed by atoms with Crippen molar-refractivity contribution in [1.82, 2.24) is 15.5 Å². The number of nitrogens with one attached hydrogen (secondary N) is 2. The number of likely N-dealkylation sites (tertiary alicyclic amines) is 1. The molecular weight excluding hydrogens is 369 g/mol. The minimum Gasteiger partial charge on any atom is -0.353 e. The van der Waals surface area contributed by atoms with Crippen LogP contribution in [0.2, 0.25) is 0 Å². The van der Waals surface area contributed by atoms with Crippen LogP contribution in [0.4, 0.5) is 0 Å². The third-order valence-electron chi connectivity index (χ3n) is 5.63. The summed E-state index contributed by atoms with van der Waals surface area (Å²) in [5.74, 6) is 0.937. The molecule has 0 aliphatic carbocycles. The number of carbonyl (C=O) groups is 1. The summed E-state index contributed by atoms with van der Waals surface area (Å²) in [6.07, 6.45) is 5.96. The van der Waals surface area contributed by atoms with Crippen molar-refractivity contribution in [3.05, 3.63) is 35.9 Å². The molecule has 2 N–H and O–H groups in total. The van der Waals surface area contributed by atoms with Crippen molar-refractivity contribution in [1.29, 1.82) is 0 Å². The van der Waals surface area contributed by atoms with Crippen molar-refractivity contribution in [2.24, 2.45) is 5.92 Å². The third-order valence-corrected chi connectivity index (χ3v) is 5.63. The maximum atomic E-state index is 12.4. The molecule has 2 atom stereocenters. The Bertz CT molecular complexity index is 515. The van der Waals surface area contributed by atoms with E-state index in [2.05, 4.69) is 52.8 Å². The van der Waals surface area contributed by atoms with E-state index < -0.39 is 0 Å². The summed E-state index contributed by atoms with van der Waals surface area (Å²) in [4.78, 5) is 14.7. The summed E-state index contributed by atoms with van der Waals surface area (Å²) in [6.45, 7) is 5.98. The maximum Gasteiger partial charge on any atom is 0.237 e. The Balaban J connectivity index is 0.00000169. The summed E-state index contributed by atoms with van der Waals surface area (Å²) in [5, 5.41) is 6.56. The van der Waals surface area contributed by atoms with Crippen molar-refractivity contribution >= 4 is 30.7 Å². The highest BCUT2D eigenvalue weighted by molar-refractivity contribution is 5.85. The maximum absolute atomic E-state index is 12.4. The molecule has 2 unspecified atom stereocenters. The molecule has 0 radical (unpaired) electrons. The van der Waals surface area contributed by atoms with Crippen molar-refractivity contribution in [2.45, 2.75) is 51.1 Å². The van der Waals surface area contributed by atoms with E-state index >= 15 is 0 Å². The monoisotopic (exact) mass is 401 g/mol. The van der Waals surface area contributed by atoms with Crippen LogP contribution in [0.3, 0.4) is 0 Å². The van der Waals surface area contributed by atoms with Crippen molar-refractivity contribution in [3.8, 4) is 0 Å². The average molecular weight is 402 g/mol. The molecule has 2 saturated heterocycles. The van der Waals surface area contributed by atoms with E-state index in [-0.39, 0.29) is 36.8 Å². The highest BCUT2D eigenvalue weighted by Gasteiger charge is 2.27. The van der Waals surface area contributed by atoms with Gasteiger partial charge in [-0.1, -0.05) is 30.3 Å².